The number of aromatic nitrogens is 3. The molecule has 2 heterocycles. The predicted octanol–water partition coefficient (Wildman–Crippen LogP) is 4.03. The van der Waals surface area contributed by atoms with Crippen LogP contribution in [-0.4, -0.2) is 58.9 Å². The van der Waals surface area contributed by atoms with Crippen molar-refractivity contribution in [2.45, 2.75) is 19.6 Å². The Kier molecular flexibility index (Phi) is 7.18. The first-order valence-corrected chi connectivity index (χ1v) is 12.6. The monoisotopic (exact) mass is 516 g/mol. The minimum Gasteiger partial charge on any atom is -0.339 e. The second kappa shape index (κ2) is 9.46. The fraction of sp³-hybridized carbons (Fsp3) is 0.364. The van der Waals surface area contributed by atoms with Gasteiger partial charge >= 0.3 is 6.18 Å². The van der Waals surface area contributed by atoms with E-state index in [1.54, 1.807) is 23.7 Å². The molecule has 0 aliphatic carbocycles. The molecule has 0 spiro atoms. The van der Waals surface area contributed by atoms with Crippen LogP contribution < -0.4 is 0 Å². The molecule has 2 aromatic heterocycles. The van der Waals surface area contributed by atoms with Crippen LogP contribution in [-0.2, 0) is 29.6 Å². The van der Waals surface area contributed by atoms with E-state index in [9.17, 15) is 26.4 Å². The molecule has 0 aliphatic heterocycles. The first-order chi connectivity index (χ1) is 15.7. The lowest BCUT2D eigenvalue weighted by Crippen LogP contribution is -2.34. The summed E-state index contributed by atoms with van der Waals surface area (Å²) in [5.41, 5.74) is -0.311. The van der Waals surface area contributed by atoms with Gasteiger partial charge in [-0.05, 0) is 30.2 Å². The fourth-order valence-corrected chi connectivity index (χ4v) is 4.48. The molecule has 0 fully saturated rings. The number of sulfone groups is 1. The number of carbonyl (C=O) groups is 1. The summed E-state index contributed by atoms with van der Waals surface area (Å²) in [4.78, 5) is 18.6. The van der Waals surface area contributed by atoms with Gasteiger partial charge < -0.3 is 14.0 Å². The van der Waals surface area contributed by atoms with Crippen LogP contribution >= 0.6 is 11.6 Å². The third-order valence-corrected chi connectivity index (χ3v) is 6.67. The minimum absolute atomic E-state index is 0.113. The molecular weight excluding hydrogens is 493 g/mol. The van der Waals surface area contributed by atoms with E-state index < -0.39 is 27.6 Å². The number of nitrogens with zero attached hydrogens (tertiary/aromatic N) is 4. The Labute approximate surface area is 200 Å². The number of alkyl halides is 3. The maximum atomic E-state index is 14.3. The lowest BCUT2D eigenvalue weighted by molar-refractivity contribution is -0.143. The summed E-state index contributed by atoms with van der Waals surface area (Å²) in [7, 11) is -0.383. The number of carbonyl (C=O) groups excluding carboxylic acids is 1. The molecule has 0 unspecified atom stereocenters. The molecule has 0 bridgehead atoms. The zero-order valence-corrected chi connectivity index (χ0v) is 20.6. The van der Waals surface area contributed by atoms with Crippen molar-refractivity contribution in [1.82, 2.24) is 19.0 Å². The van der Waals surface area contributed by atoms with E-state index in [0.29, 0.717) is 16.3 Å². The van der Waals surface area contributed by atoms with Crippen molar-refractivity contribution in [3.05, 3.63) is 64.5 Å². The molecule has 3 rings (SSSR count). The van der Waals surface area contributed by atoms with Gasteiger partial charge in [-0.3, -0.25) is 4.79 Å². The molecule has 0 radical (unpaired) electrons. The highest BCUT2D eigenvalue weighted by Gasteiger charge is 2.41. The Morgan fingerprint density at radius 2 is 1.82 bits per heavy atom. The van der Waals surface area contributed by atoms with Gasteiger partial charge in [0.1, 0.15) is 21.2 Å². The molecule has 0 saturated carbocycles. The van der Waals surface area contributed by atoms with Crippen LogP contribution in [0.1, 0.15) is 27.4 Å². The Morgan fingerprint density at radius 1 is 1.21 bits per heavy atom. The number of rotatable bonds is 7. The maximum absolute atomic E-state index is 14.3. The zero-order valence-electron chi connectivity index (χ0n) is 19.0. The van der Waals surface area contributed by atoms with Gasteiger partial charge in [-0.1, -0.05) is 23.7 Å². The molecule has 0 aliphatic rings. The van der Waals surface area contributed by atoms with E-state index in [1.165, 1.54) is 38.6 Å². The normalized spacial score (nSPS) is 12.2. The summed E-state index contributed by atoms with van der Waals surface area (Å²) >= 11 is 5.97. The molecule has 0 saturated heterocycles. The standard InChI is InChI=1S/C22H24ClF3N4O3S/c1-14-18(15-5-7-16(23)8-6-15)19(21(31)28(2)9-10-34(4,32)33)30(20(14)22(24,25)26)12-17-11-27-13-29(17)3/h5-8,11,13H,9-10,12H2,1-4H3. The third kappa shape index (κ3) is 5.47. The zero-order chi connectivity index (χ0) is 25.4. The van der Waals surface area contributed by atoms with Crippen LogP contribution in [0.25, 0.3) is 11.1 Å². The van der Waals surface area contributed by atoms with Crippen molar-refractivity contribution in [3.63, 3.8) is 0 Å². The SMILES string of the molecule is Cc1c(-c2ccc(Cl)cc2)c(C(=O)N(C)CCS(C)(=O)=O)n(Cc2cncn2C)c1C(F)(F)F. The van der Waals surface area contributed by atoms with Gasteiger partial charge in [0.2, 0.25) is 0 Å². The summed E-state index contributed by atoms with van der Waals surface area (Å²) < 4.78 is 68.7. The largest absolute Gasteiger partial charge is 0.431 e. The van der Waals surface area contributed by atoms with Gasteiger partial charge in [0.05, 0.1) is 24.3 Å². The molecular formula is C22H24ClF3N4O3S. The highest BCUT2D eigenvalue weighted by Crippen LogP contribution is 2.41. The van der Waals surface area contributed by atoms with Crippen LogP contribution in [0.5, 0.6) is 0 Å². The number of benzene rings is 1. The molecule has 0 N–H and O–H groups in total. The smallest absolute Gasteiger partial charge is 0.339 e. The fourth-order valence-electron chi connectivity index (χ4n) is 3.75. The number of imidazole rings is 1. The molecule has 3 aromatic rings. The summed E-state index contributed by atoms with van der Waals surface area (Å²) in [6.07, 6.45) is -0.840. The number of amides is 1. The van der Waals surface area contributed by atoms with Crippen molar-refractivity contribution >= 4 is 27.3 Å². The first kappa shape index (κ1) is 25.8. The molecule has 0 atom stereocenters. The Bertz CT molecular complexity index is 1310. The molecule has 1 amide bonds. The van der Waals surface area contributed by atoms with Gasteiger partial charge in [-0.2, -0.15) is 13.2 Å². The number of hydrogen-bond donors (Lipinski definition) is 0. The van der Waals surface area contributed by atoms with Gasteiger partial charge in [0.25, 0.3) is 5.91 Å². The number of aryl methyl sites for hydroxylation is 1. The van der Waals surface area contributed by atoms with Gasteiger partial charge in [0.15, 0.2) is 0 Å². The maximum Gasteiger partial charge on any atom is 0.431 e. The first-order valence-electron chi connectivity index (χ1n) is 10.1. The summed E-state index contributed by atoms with van der Waals surface area (Å²) in [6.45, 7) is 0.884. The van der Waals surface area contributed by atoms with E-state index in [-0.39, 0.29) is 35.7 Å². The van der Waals surface area contributed by atoms with Crippen LogP contribution in [0.2, 0.25) is 5.02 Å². The van der Waals surface area contributed by atoms with Crippen molar-refractivity contribution in [3.8, 4) is 11.1 Å². The van der Waals surface area contributed by atoms with E-state index in [0.717, 1.165) is 15.7 Å². The minimum atomic E-state index is -4.76. The highest BCUT2D eigenvalue weighted by atomic mass is 35.5. The third-order valence-electron chi connectivity index (χ3n) is 5.49. The molecule has 1 aromatic carbocycles. The van der Waals surface area contributed by atoms with E-state index in [4.69, 9.17) is 11.6 Å². The summed E-state index contributed by atoms with van der Waals surface area (Å²) in [6, 6.07) is 6.16. The average molecular weight is 517 g/mol. The predicted molar refractivity (Wildman–Crippen MR) is 124 cm³/mol. The summed E-state index contributed by atoms with van der Waals surface area (Å²) in [5, 5.41) is 0.393. The van der Waals surface area contributed by atoms with Crippen molar-refractivity contribution in [2.75, 3.05) is 25.6 Å². The molecule has 12 heteroatoms. The quantitative estimate of drug-likeness (QED) is 0.475. The van der Waals surface area contributed by atoms with Crippen LogP contribution in [0.4, 0.5) is 13.2 Å². The van der Waals surface area contributed by atoms with Crippen molar-refractivity contribution in [1.29, 1.82) is 0 Å². The lowest BCUT2D eigenvalue weighted by Gasteiger charge is -2.21. The highest BCUT2D eigenvalue weighted by molar-refractivity contribution is 7.90. The van der Waals surface area contributed by atoms with E-state index >= 15 is 0 Å². The topological polar surface area (TPSA) is 77.2 Å². The lowest BCUT2D eigenvalue weighted by atomic mass is 10.0. The van der Waals surface area contributed by atoms with Crippen molar-refractivity contribution in [2.24, 2.45) is 7.05 Å². The Balaban J connectivity index is 2.28. The Morgan fingerprint density at radius 3 is 2.32 bits per heavy atom. The Hall–Kier alpha value is -2.79. The molecule has 7 nitrogen and oxygen atoms in total. The van der Waals surface area contributed by atoms with Gasteiger partial charge in [-0.25, -0.2) is 13.4 Å². The van der Waals surface area contributed by atoms with Crippen LogP contribution in [0, 0.1) is 6.92 Å². The number of halogens is 4. The van der Waals surface area contributed by atoms with E-state index in [1.807, 2.05) is 0 Å². The van der Waals surface area contributed by atoms with Gasteiger partial charge in [0, 0.05) is 43.7 Å². The average Bonchev–Trinajstić information content (AvgIpc) is 3.26. The molecule has 34 heavy (non-hydrogen) atoms. The number of hydrogen-bond acceptors (Lipinski definition) is 4. The van der Waals surface area contributed by atoms with Crippen LogP contribution in [0.3, 0.4) is 0 Å². The van der Waals surface area contributed by atoms with Crippen molar-refractivity contribution < 1.29 is 26.4 Å². The van der Waals surface area contributed by atoms with E-state index in [2.05, 4.69) is 4.98 Å². The second-order valence-electron chi connectivity index (χ2n) is 8.14. The van der Waals surface area contributed by atoms with Gasteiger partial charge in [-0.15, -0.1) is 0 Å². The molecule has 184 valence electrons. The van der Waals surface area contributed by atoms with Crippen LogP contribution in [0.15, 0.2) is 36.8 Å². The summed E-state index contributed by atoms with van der Waals surface area (Å²) in [5.74, 6) is -1.05. The second-order valence-corrected chi connectivity index (χ2v) is 10.8.